The van der Waals surface area contributed by atoms with E-state index in [4.69, 9.17) is 37.0 Å². The second kappa shape index (κ2) is 66.9. The van der Waals surface area contributed by atoms with Gasteiger partial charge in [-0.3, -0.25) is 37.3 Å². The minimum atomic E-state index is -4.96. The van der Waals surface area contributed by atoms with Crippen molar-refractivity contribution in [2.75, 3.05) is 39.6 Å². The highest BCUT2D eigenvalue weighted by molar-refractivity contribution is 7.47. The van der Waals surface area contributed by atoms with Gasteiger partial charge in [0.15, 0.2) is 12.2 Å². The molecule has 0 heterocycles. The van der Waals surface area contributed by atoms with Crippen molar-refractivity contribution in [2.24, 2.45) is 11.8 Å². The lowest BCUT2D eigenvalue weighted by atomic mass is 10.0. The molecule has 0 rings (SSSR count). The highest BCUT2D eigenvalue weighted by Crippen LogP contribution is 2.45. The zero-order valence-electron chi connectivity index (χ0n) is 61.3. The molecule has 0 fully saturated rings. The molecule has 0 bridgehead atoms. The molecule has 0 aliphatic heterocycles. The Morgan fingerprint density at radius 3 is 0.723 bits per heavy atom. The normalized spacial score (nSPS) is 14.0. The van der Waals surface area contributed by atoms with Crippen LogP contribution in [0.15, 0.2) is 0 Å². The van der Waals surface area contributed by atoms with Crippen molar-refractivity contribution >= 4 is 39.5 Å². The molecule has 0 aromatic rings. The molecule has 0 spiro atoms. The fourth-order valence-corrected chi connectivity index (χ4v) is 13.1. The Balaban J connectivity index is 5.19. The first-order valence-corrected chi connectivity index (χ1v) is 42.0. The first-order chi connectivity index (χ1) is 45.4. The van der Waals surface area contributed by atoms with E-state index >= 15 is 0 Å². The number of unbranched alkanes of at least 4 members (excludes halogenated alkanes) is 44. The van der Waals surface area contributed by atoms with Gasteiger partial charge in [0.1, 0.15) is 19.3 Å². The van der Waals surface area contributed by atoms with Gasteiger partial charge in [-0.2, -0.15) is 0 Å². The lowest BCUT2D eigenvalue weighted by Gasteiger charge is -2.21. The lowest BCUT2D eigenvalue weighted by Crippen LogP contribution is -2.30. The molecule has 17 nitrogen and oxygen atoms in total. The van der Waals surface area contributed by atoms with Crippen LogP contribution in [0.3, 0.4) is 0 Å². The monoisotopic (exact) mass is 1380 g/mol. The molecular weight excluding hydrogens is 1230 g/mol. The van der Waals surface area contributed by atoms with Crippen molar-refractivity contribution in [2.45, 2.75) is 407 Å². The minimum Gasteiger partial charge on any atom is -0.462 e. The third-order valence-corrected chi connectivity index (χ3v) is 19.4. The Bertz CT molecular complexity index is 1820. The molecule has 0 radical (unpaired) electrons. The third kappa shape index (κ3) is 68.6. The van der Waals surface area contributed by atoms with Crippen LogP contribution in [0.2, 0.25) is 0 Å². The molecule has 558 valence electrons. The predicted molar refractivity (Wildman–Crippen MR) is 381 cm³/mol. The van der Waals surface area contributed by atoms with Crippen LogP contribution in [0.4, 0.5) is 0 Å². The van der Waals surface area contributed by atoms with Crippen LogP contribution >= 0.6 is 15.6 Å². The first kappa shape index (κ1) is 92.1. The number of esters is 4. The number of ether oxygens (including phenoxy) is 4. The first-order valence-electron chi connectivity index (χ1n) is 39.0. The molecule has 0 amide bonds. The van der Waals surface area contributed by atoms with E-state index in [1.54, 1.807) is 0 Å². The zero-order chi connectivity index (χ0) is 69.3. The van der Waals surface area contributed by atoms with Crippen molar-refractivity contribution in [1.82, 2.24) is 0 Å². The van der Waals surface area contributed by atoms with E-state index in [9.17, 15) is 43.2 Å². The largest absolute Gasteiger partial charge is 0.472 e. The average molecular weight is 1380 g/mol. The zero-order valence-corrected chi connectivity index (χ0v) is 63.1. The maximum atomic E-state index is 13.1. The van der Waals surface area contributed by atoms with Gasteiger partial charge in [-0.15, -0.1) is 0 Å². The van der Waals surface area contributed by atoms with Crippen LogP contribution < -0.4 is 0 Å². The quantitative estimate of drug-likeness (QED) is 0.0222. The molecule has 94 heavy (non-hydrogen) atoms. The molecule has 19 heteroatoms. The number of aliphatic hydroxyl groups is 1. The molecule has 2 unspecified atom stereocenters. The van der Waals surface area contributed by atoms with Gasteiger partial charge < -0.3 is 33.8 Å². The summed E-state index contributed by atoms with van der Waals surface area (Å²) in [6, 6.07) is 0. The van der Waals surface area contributed by atoms with Crippen LogP contribution in [0.25, 0.3) is 0 Å². The predicted octanol–water partition coefficient (Wildman–Crippen LogP) is 21.9. The molecule has 3 N–H and O–H groups in total. The van der Waals surface area contributed by atoms with E-state index < -0.39 is 97.5 Å². The van der Waals surface area contributed by atoms with Crippen LogP contribution in [0, 0.1) is 11.8 Å². The molecule has 0 saturated heterocycles. The fourth-order valence-electron chi connectivity index (χ4n) is 11.5. The highest BCUT2D eigenvalue weighted by Gasteiger charge is 2.30. The Morgan fingerprint density at radius 1 is 0.287 bits per heavy atom. The van der Waals surface area contributed by atoms with E-state index in [1.165, 1.54) is 205 Å². The maximum absolute atomic E-state index is 13.1. The summed E-state index contributed by atoms with van der Waals surface area (Å²) in [6.07, 6.45) is 54.3. The van der Waals surface area contributed by atoms with Crippen LogP contribution in [0.5, 0.6) is 0 Å². The number of carbonyl (C=O) groups excluding carboxylic acids is 4. The maximum Gasteiger partial charge on any atom is 0.472 e. The lowest BCUT2D eigenvalue weighted by molar-refractivity contribution is -0.161. The van der Waals surface area contributed by atoms with Gasteiger partial charge in [0.25, 0.3) is 0 Å². The van der Waals surface area contributed by atoms with Crippen molar-refractivity contribution in [3.05, 3.63) is 0 Å². The molecular formula is C75H146O17P2. The average Bonchev–Trinajstić information content (AvgIpc) is 3.57. The van der Waals surface area contributed by atoms with E-state index in [-0.39, 0.29) is 25.7 Å². The highest BCUT2D eigenvalue weighted by atomic mass is 31.2. The van der Waals surface area contributed by atoms with Crippen LogP contribution in [-0.4, -0.2) is 96.7 Å². The number of hydrogen-bond donors (Lipinski definition) is 3. The van der Waals surface area contributed by atoms with Crippen molar-refractivity contribution < 1.29 is 80.2 Å². The summed E-state index contributed by atoms with van der Waals surface area (Å²) in [4.78, 5) is 72.7. The second-order valence-corrected chi connectivity index (χ2v) is 30.9. The van der Waals surface area contributed by atoms with Gasteiger partial charge in [-0.25, -0.2) is 9.13 Å². The fraction of sp³-hybridized carbons (Fsp3) is 0.947. The third-order valence-electron chi connectivity index (χ3n) is 17.5. The van der Waals surface area contributed by atoms with Gasteiger partial charge >= 0.3 is 39.5 Å². The SMILES string of the molecule is CCCCCCCCCCCCCCCCCCCCCCC(=O)O[C@H](COC(=O)CCCCCCCCCCCCCCC(C)C)COP(=O)(O)OC[C@@H](O)COP(=O)(O)OC[C@@H](COC(=O)CCCCCCCCCCC)OC(=O)CCCCCCCCCC(C)C. The molecule has 0 aliphatic rings. The summed E-state index contributed by atoms with van der Waals surface area (Å²) >= 11 is 0. The minimum absolute atomic E-state index is 0.104. The summed E-state index contributed by atoms with van der Waals surface area (Å²) in [5, 5.41) is 10.6. The number of phosphoric ester groups is 2. The summed E-state index contributed by atoms with van der Waals surface area (Å²) < 4.78 is 68.4. The van der Waals surface area contributed by atoms with Crippen LogP contribution in [0.1, 0.15) is 388 Å². The number of hydrogen-bond acceptors (Lipinski definition) is 15. The smallest absolute Gasteiger partial charge is 0.462 e. The second-order valence-electron chi connectivity index (χ2n) is 28.0. The number of aliphatic hydroxyl groups excluding tert-OH is 1. The Kier molecular flexibility index (Phi) is 65.5. The Hall–Kier alpha value is -1.94. The summed E-state index contributed by atoms with van der Waals surface area (Å²) in [5.74, 6) is -0.643. The van der Waals surface area contributed by atoms with Crippen molar-refractivity contribution in [1.29, 1.82) is 0 Å². The molecule has 5 atom stereocenters. The molecule has 0 saturated carbocycles. The van der Waals surface area contributed by atoms with Crippen molar-refractivity contribution in [3.63, 3.8) is 0 Å². The summed E-state index contributed by atoms with van der Waals surface area (Å²) in [5.41, 5.74) is 0. The van der Waals surface area contributed by atoms with E-state index in [0.29, 0.717) is 31.6 Å². The number of carbonyl (C=O) groups is 4. The van der Waals surface area contributed by atoms with E-state index in [2.05, 4.69) is 41.5 Å². The van der Waals surface area contributed by atoms with E-state index in [1.807, 2.05) is 0 Å². The Labute approximate surface area is 575 Å². The van der Waals surface area contributed by atoms with Gasteiger partial charge in [-0.05, 0) is 37.5 Å². The van der Waals surface area contributed by atoms with Gasteiger partial charge in [-0.1, -0.05) is 337 Å². The van der Waals surface area contributed by atoms with E-state index in [0.717, 1.165) is 95.8 Å². The van der Waals surface area contributed by atoms with Crippen LogP contribution in [-0.2, 0) is 65.4 Å². The molecule has 0 aromatic heterocycles. The Morgan fingerprint density at radius 2 is 0.489 bits per heavy atom. The number of phosphoric acid groups is 2. The summed E-state index contributed by atoms with van der Waals surface area (Å²) in [7, 11) is -9.90. The molecule has 0 aliphatic carbocycles. The van der Waals surface area contributed by atoms with Gasteiger partial charge in [0.2, 0.25) is 0 Å². The standard InChI is InChI=1S/C75H146O17P2/c1-7-9-11-13-15-17-18-19-20-21-22-23-24-25-26-31-35-41-47-53-59-74(79)91-70(63-86-73(78)58-52-46-40-34-30-28-27-29-33-37-43-49-55-67(3)4)65-89-93(81,82)87-61-69(76)62-88-94(83,84)90-66-71(64-85-72(77)57-51-45-39-32-16-14-12-10-8-2)92-75(80)60-54-48-42-36-38-44-50-56-68(5)6/h67-71,76H,7-66H2,1-6H3,(H,81,82)(H,83,84)/t69-,70-,71-/m1/s1. The van der Waals surface area contributed by atoms with Gasteiger partial charge in [0, 0.05) is 25.7 Å². The topological polar surface area (TPSA) is 237 Å². The van der Waals surface area contributed by atoms with Crippen molar-refractivity contribution in [3.8, 4) is 0 Å². The molecule has 0 aromatic carbocycles. The summed E-state index contributed by atoms with van der Waals surface area (Å²) in [6.45, 7) is 9.52. The van der Waals surface area contributed by atoms with Gasteiger partial charge in [0.05, 0.1) is 26.4 Å². The number of rotatable bonds is 74.